The molecule has 1 aliphatic carbocycles. The van der Waals surface area contributed by atoms with E-state index in [0.29, 0.717) is 5.92 Å². The summed E-state index contributed by atoms with van der Waals surface area (Å²) >= 11 is 0. The van der Waals surface area contributed by atoms with Gasteiger partial charge in [0.05, 0.1) is 13.4 Å². The van der Waals surface area contributed by atoms with Crippen molar-refractivity contribution in [2.75, 3.05) is 7.11 Å². The second-order valence-electron chi connectivity index (χ2n) is 5.77. The normalized spacial score (nSPS) is 16.6. The molecule has 0 fully saturated rings. The van der Waals surface area contributed by atoms with Gasteiger partial charge >= 0.3 is 5.97 Å². The predicted molar refractivity (Wildman–Crippen MR) is 85.0 cm³/mol. The van der Waals surface area contributed by atoms with Gasteiger partial charge in [-0.2, -0.15) is 0 Å². The van der Waals surface area contributed by atoms with Crippen LogP contribution in [0.1, 0.15) is 48.4 Å². The summed E-state index contributed by atoms with van der Waals surface area (Å²) in [4.78, 5) is 11.1. The summed E-state index contributed by atoms with van der Waals surface area (Å²) in [6.45, 7) is 5.94. The van der Waals surface area contributed by atoms with Crippen LogP contribution >= 0.6 is 0 Å². The maximum absolute atomic E-state index is 11.1. The number of fused-ring (bicyclic) bond motifs is 2. The highest BCUT2D eigenvalue weighted by atomic mass is 16.5. The van der Waals surface area contributed by atoms with Gasteiger partial charge in [-0.15, -0.1) is 0 Å². The SMILES string of the molecule is COc1c2c(c(C)c3c(COC(C)=O)coc13)C(C)CC=C2. The van der Waals surface area contributed by atoms with Crippen molar-refractivity contribution >= 4 is 23.0 Å². The molecule has 4 heteroatoms. The average Bonchev–Trinajstić information content (AvgIpc) is 2.90. The van der Waals surface area contributed by atoms with Gasteiger partial charge in [0.2, 0.25) is 0 Å². The van der Waals surface area contributed by atoms with Crippen LogP contribution in [0, 0.1) is 6.92 Å². The number of carbonyl (C=O) groups is 1. The molecule has 1 unspecified atom stereocenters. The van der Waals surface area contributed by atoms with Crippen molar-refractivity contribution in [1.82, 2.24) is 0 Å². The molecule has 1 aromatic heterocycles. The van der Waals surface area contributed by atoms with Crippen molar-refractivity contribution < 1.29 is 18.7 Å². The minimum Gasteiger partial charge on any atom is -0.492 e. The first kappa shape index (κ1) is 14.7. The number of esters is 1. The Morgan fingerprint density at radius 1 is 1.45 bits per heavy atom. The summed E-state index contributed by atoms with van der Waals surface area (Å²) in [5.74, 6) is 0.885. The molecule has 0 amide bonds. The summed E-state index contributed by atoms with van der Waals surface area (Å²) in [7, 11) is 1.66. The number of hydrogen-bond donors (Lipinski definition) is 0. The molecule has 1 atom stereocenters. The van der Waals surface area contributed by atoms with Gasteiger partial charge in [0.15, 0.2) is 11.3 Å². The fraction of sp³-hybridized carbons (Fsp3) is 0.389. The maximum Gasteiger partial charge on any atom is 0.302 e. The molecule has 0 bridgehead atoms. The smallest absolute Gasteiger partial charge is 0.302 e. The van der Waals surface area contributed by atoms with Crippen molar-refractivity contribution in [1.29, 1.82) is 0 Å². The number of rotatable bonds is 3. The van der Waals surface area contributed by atoms with Gasteiger partial charge in [0, 0.05) is 23.4 Å². The number of aryl methyl sites for hydroxylation is 1. The number of allylic oxidation sites excluding steroid dienone is 1. The van der Waals surface area contributed by atoms with Crippen LogP contribution in [0.4, 0.5) is 0 Å². The van der Waals surface area contributed by atoms with Gasteiger partial charge in [-0.25, -0.2) is 0 Å². The number of ether oxygens (including phenoxy) is 2. The first-order valence-corrected chi connectivity index (χ1v) is 7.45. The quantitative estimate of drug-likeness (QED) is 0.791. The van der Waals surface area contributed by atoms with Crippen LogP contribution in [-0.2, 0) is 16.1 Å². The molecule has 0 saturated heterocycles. The predicted octanol–water partition coefficient (Wildman–Crippen LogP) is 4.33. The third-order valence-corrected chi connectivity index (χ3v) is 4.29. The molecular weight excluding hydrogens is 280 g/mol. The molecule has 1 aliphatic rings. The summed E-state index contributed by atoms with van der Waals surface area (Å²) in [6.07, 6.45) is 6.95. The number of hydrogen-bond acceptors (Lipinski definition) is 4. The molecule has 22 heavy (non-hydrogen) atoms. The van der Waals surface area contributed by atoms with E-state index in [1.165, 1.54) is 18.1 Å². The topological polar surface area (TPSA) is 48.7 Å². The number of furan rings is 1. The van der Waals surface area contributed by atoms with E-state index < -0.39 is 0 Å². The van der Waals surface area contributed by atoms with Gasteiger partial charge in [-0.3, -0.25) is 4.79 Å². The van der Waals surface area contributed by atoms with Crippen LogP contribution in [-0.4, -0.2) is 13.1 Å². The summed E-state index contributed by atoms with van der Waals surface area (Å²) in [5, 5.41) is 0.999. The highest BCUT2D eigenvalue weighted by Gasteiger charge is 2.25. The van der Waals surface area contributed by atoms with E-state index in [-0.39, 0.29) is 12.6 Å². The van der Waals surface area contributed by atoms with E-state index in [2.05, 4.69) is 26.0 Å². The van der Waals surface area contributed by atoms with E-state index in [9.17, 15) is 4.79 Å². The second kappa shape index (κ2) is 5.52. The van der Waals surface area contributed by atoms with Crippen molar-refractivity contribution in [2.24, 2.45) is 0 Å². The van der Waals surface area contributed by atoms with Gasteiger partial charge < -0.3 is 13.9 Å². The summed E-state index contributed by atoms with van der Waals surface area (Å²) < 4.78 is 16.5. The zero-order valence-corrected chi connectivity index (χ0v) is 13.4. The molecule has 4 nitrogen and oxygen atoms in total. The lowest BCUT2D eigenvalue weighted by Gasteiger charge is -2.23. The molecule has 0 spiro atoms. The number of benzene rings is 1. The molecular formula is C18H20O4. The van der Waals surface area contributed by atoms with E-state index in [0.717, 1.165) is 34.3 Å². The molecule has 0 radical (unpaired) electrons. The monoisotopic (exact) mass is 300 g/mol. The number of methoxy groups -OCH3 is 1. The molecule has 3 rings (SSSR count). The lowest BCUT2D eigenvalue weighted by Crippen LogP contribution is -2.06. The van der Waals surface area contributed by atoms with E-state index >= 15 is 0 Å². The zero-order valence-electron chi connectivity index (χ0n) is 13.4. The van der Waals surface area contributed by atoms with Crippen LogP contribution in [0.2, 0.25) is 0 Å². The Kier molecular flexibility index (Phi) is 3.69. The summed E-state index contributed by atoms with van der Waals surface area (Å²) in [6, 6.07) is 0. The first-order valence-electron chi connectivity index (χ1n) is 7.45. The Bertz CT molecular complexity index is 767. The molecule has 1 aromatic carbocycles. The largest absolute Gasteiger partial charge is 0.492 e. The van der Waals surface area contributed by atoms with Gasteiger partial charge in [0.25, 0.3) is 0 Å². The fourth-order valence-electron chi connectivity index (χ4n) is 3.35. The zero-order chi connectivity index (χ0) is 15.9. The minimum absolute atomic E-state index is 0.218. The fourth-order valence-corrected chi connectivity index (χ4v) is 3.35. The Balaban J connectivity index is 2.26. The molecule has 116 valence electrons. The molecule has 0 N–H and O–H groups in total. The maximum atomic E-state index is 11.1. The van der Waals surface area contributed by atoms with Crippen molar-refractivity contribution in [3.05, 3.63) is 34.6 Å². The highest BCUT2D eigenvalue weighted by molar-refractivity contribution is 5.95. The first-order chi connectivity index (χ1) is 10.5. The minimum atomic E-state index is -0.298. The van der Waals surface area contributed by atoms with Gasteiger partial charge in [-0.05, 0) is 30.4 Å². The van der Waals surface area contributed by atoms with Gasteiger partial charge in [-0.1, -0.05) is 19.1 Å². The summed E-state index contributed by atoms with van der Waals surface area (Å²) in [5.41, 5.74) is 5.17. The Labute approximate surface area is 129 Å². The van der Waals surface area contributed by atoms with E-state index in [1.807, 2.05) is 0 Å². The lowest BCUT2D eigenvalue weighted by atomic mass is 9.83. The lowest BCUT2D eigenvalue weighted by molar-refractivity contribution is -0.142. The van der Waals surface area contributed by atoms with Crippen LogP contribution in [0.5, 0.6) is 5.75 Å². The van der Waals surface area contributed by atoms with Crippen LogP contribution in [0.3, 0.4) is 0 Å². The van der Waals surface area contributed by atoms with Crippen molar-refractivity contribution in [3.8, 4) is 5.75 Å². The Hall–Kier alpha value is -2.23. The second-order valence-corrected chi connectivity index (χ2v) is 5.77. The Morgan fingerprint density at radius 2 is 2.23 bits per heavy atom. The Morgan fingerprint density at radius 3 is 2.91 bits per heavy atom. The standard InChI is InChI=1S/C18H20O4/c1-10-6-5-7-14-15(10)11(2)16-13(8-21-12(3)19)9-22-18(16)17(14)20-4/h5,7,9-10H,6,8H2,1-4H3. The van der Waals surface area contributed by atoms with Crippen LogP contribution in [0.25, 0.3) is 17.0 Å². The molecule has 1 heterocycles. The highest BCUT2D eigenvalue weighted by Crippen LogP contribution is 2.44. The van der Waals surface area contributed by atoms with E-state index in [1.54, 1.807) is 13.4 Å². The molecule has 0 saturated carbocycles. The van der Waals surface area contributed by atoms with Crippen LogP contribution < -0.4 is 4.74 Å². The third kappa shape index (κ3) is 2.19. The van der Waals surface area contributed by atoms with Gasteiger partial charge in [0.1, 0.15) is 6.61 Å². The molecule has 2 aromatic rings. The van der Waals surface area contributed by atoms with Crippen LogP contribution in [0.15, 0.2) is 16.8 Å². The third-order valence-electron chi connectivity index (χ3n) is 4.29. The average molecular weight is 300 g/mol. The van der Waals surface area contributed by atoms with Crippen molar-refractivity contribution in [3.63, 3.8) is 0 Å². The number of carbonyl (C=O) groups excluding carboxylic acids is 1. The molecule has 0 aliphatic heterocycles. The van der Waals surface area contributed by atoms with Crippen molar-refractivity contribution in [2.45, 2.75) is 39.7 Å². The van der Waals surface area contributed by atoms with E-state index in [4.69, 9.17) is 13.9 Å².